The predicted molar refractivity (Wildman–Crippen MR) is 152 cm³/mol. The molecule has 0 amide bonds. The lowest BCUT2D eigenvalue weighted by Gasteiger charge is -2.20. The molecule has 5 aromatic carbocycles. The number of nitrogens with zero attached hydrogens (tertiary/aromatic N) is 4. The third-order valence-electron chi connectivity index (χ3n) is 7.19. The molecule has 0 atom stereocenters. The molecule has 4 heteroatoms. The van der Waals surface area contributed by atoms with Gasteiger partial charge >= 0.3 is 0 Å². The Labute approximate surface area is 218 Å². The van der Waals surface area contributed by atoms with Crippen molar-refractivity contribution in [1.29, 1.82) is 10.5 Å². The van der Waals surface area contributed by atoms with Gasteiger partial charge in [-0.1, -0.05) is 72.8 Å². The van der Waals surface area contributed by atoms with Crippen molar-refractivity contribution in [2.75, 3.05) is 0 Å². The molecule has 7 rings (SSSR count). The summed E-state index contributed by atoms with van der Waals surface area (Å²) in [6, 6.07) is 36.8. The standard InChI is InChI=1S/C34H18N4/c35-19-21-13-15-37-29(17-21)31-27-11-5-6-12-28(27)32(30-18-22(20-36)14-16-38-30)34-26-10-4-2-8-24(26)23-7-1-3-9-25(23)33(31)34/h1-18H. The SMILES string of the molecule is N#Cc1ccnc(-c2c3ccccc3c(-c3cc(C#N)ccn3)c3c4ccccc4c4ccccc4c23)c1. The lowest BCUT2D eigenvalue weighted by Crippen LogP contribution is -1.96. The van der Waals surface area contributed by atoms with E-state index in [4.69, 9.17) is 9.97 Å². The average molecular weight is 483 g/mol. The largest absolute Gasteiger partial charge is 0.256 e. The first-order valence-electron chi connectivity index (χ1n) is 12.3. The summed E-state index contributed by atoms with van der Waals surface area (Å²) in [6.45, 7) is 0. The number of pyridine rings is 2. The van der Waals surface area contributed by atoms with E-state index in [2.05, 4.69) is 72.8 Å². The van der Waals surface area contributed by atoms with E-state index in [1.165, 1.54) is 0 Å². The van der Waals surface area contributed by atoms with Crippen molar-refractivity contribution in [3.63, 3.8) is 0 Å². The molecule has 2 heterocycles. The number of benzene rings is 5. The summed E-state index contributed by atoms with van der Waals surface area (Å²) < 4.78 is 0. The number of rotatable bonds is 2. The van der Waals surface area contributed by atoms with Gasteiger partial charge in [0.25, 0.3) is 0 Å². The van der Waals surface area contributed by atoms with Crippen molar-refractivity contribution in [1.82, 2.24) is 9.97 Å². The minimum atomic E-state index is 0.560. The van der Waals surface area contributed by atoms with Crippen LogP contribution in [0.4, 0.5) is 0 Å². The van der Waals surface area contributed by atoms with E-state index >= 15 is 0 Å². The first-order valence-corrected chi connectivity index (χ1v) is 12.3. The number of fused-ring (bicyclic) bond motifs is 7. The summed E-state index contributed by atoms with van der Waals surface area (Å²) in [5.74, 6) is 0. The highest BCUT2D eigenvalue weighted by Gasteiger charge is 2.22. The van der Waals surface area contributed by atoms with E-state index in [-0.39, 0.29) is 0 Å². The highest BCUT2D eigenvalue weighted by Crippen LogP contribution is 2.48. The van der Waals surface area contributed by atoms with Crippen molar-refractivity contribution >= 4 is 43.1 Å². The van der Waals surface area contributed by atoms with Gasteiger partial charge in [-0.05, 0) is 56.6 Å². The molecule has 2 aromatic heterocycles. The molecule has 0 aliphatic carbocycles. The minimum Gasteiger partial charge on any atom is -0.256 e. The van der Waals surface area contributed by atoms with Crippen LogP contribution < -0.4 is 0 Å². The van der Waals surface area contributed by atoms with Crippen LogP contribution >= 0.6 is 0 Å². The molecule has 0 bridgehead atoms. The summed E-state index contributed by atoms with van der Waals surface area (Å²) in [5, 5.41) is 28.0. The molecular formula is C34H18N4. The second-order valence-electron chi connectivity index (χ2n) is 9.22. The normalized spacial score (nSPS) is 11.1. The molecule has 174 valence electrons. The van der Waals surface area contributed by atoms with Crippen LogP contribution in [0.5, 0.6) is 0 Å². The lowest BCUT2D eigenvalue weighted by molar-refractivity contribution is 1.31. The molecule has 0 fully saturated rings. The molecule has 38 heavy (non-hydrogen) atoms. The van der Waals surface area contributed by atoms with Crippen molar-refractivity contribution in [3.8, 4) is 34.7 Å². The predicted octanol–water partition coefficient (Wildman–Crippen LogP) is 8.17. The second-order valence-corrected chi connectivity index (χ2v) is 9.22. The van der Waals surface area contributed by atoms with Gasteiger partial charge in [0.05, 0.1) is 34.7 Å². The van der Waals surface area contributed by atoms with Crippen LogP contribution in [0.25, 0.3) is 65.6 Å². The van der Waals surface area contributed by atoms with Crippen LogP contribution in [0.15, 0.2) is 109 Å². The molecule has 0 saturated heterocycles. The molecule has 0 aliphatic heterocycles. The van der Waals surface area contributed by atoms with Crippen molar-refractivity contribution in [2.45, 2.75) is 0 Å². The summed E-state index contributed by atoms with van der Waals surface area (Å²) >= 11 is 0. The molecule has 0 radical (unpaired) electrons. The van der Waals surface area contributed by atoms with Crippen LogP contribution in [-0.4, -0.2) is 9.97 Å². The molecule has 0 N–H and O–H groups in total. The lowest BCUT2D eigenvalue weighted by atomic mass is 9.83. The third kappa shape index (κ3) is 3.15. The van der Waals surface area contributed by atoms with Gasteiger partial charge in [0, 0.05) is 34.3 Å². The van der Waals surface area contributed by atoms with Gasteiger partial charge in [0.2, 0.25) is 0 Å². The maximum atomic E-state index is 9.68. The van der Waals surface area contributed by atoms with Gasteiger partial charge in [0.1, 0.15) is 0 Å². The molecule has 0 unspecified atom stereocenters. The number of aromatic nitrogens is 2. The van der Waals surface area contributed by atoms with Crippen molar-refractivity contribution < 1.29 is 0 Å². The van der Waals surface area contributed by atoms with Crippen LogP contribution in [0, 0.1) is 22.7 Å². The van der Waals surface area contributed by atoms with Crippen LogP contribution in [0.3, 0.4) is 0 Å². The molecule has 7 aromatic rings. The number of hydrogen-bond donors (Lipinski definition) is 0. The summed E-state index contributed by atoms with van der Waals surface area (Å²) in [6.07, 6.45) is 3.40. The van der Waals surface area contributed by atoms with E-state index < -0.39 is 0 Å². The summed E-state index contributed by atoms with van der Waals surface area (Å²) in [4.78, 5) is 9.53. The summed E-state index contributed by atoms with van der Waals surface area (Å²) in [7, 11) is 0. The highest BCUT2D eigenvalue weighted by atomic mass is 14.7. The van der Waals surface area contributed by atoms with E-state index in [9.17, 15) is 10.5 Å². The van der Waals surface area contributed by atoms with E-state index in [0.29, 0.717) is 11.1 Å². The van der Waals surface area contributed by atoms with Gasteiger partial charge in [-0.15, -0.1) is 0 Å². The van der Waals surface area contributed by atoms with E-state index in [1.807, 2.05) is 24.3 Å². The Morgan fingerprint density at radius 2 is 0.816 bits per heavy atom. The first kappa shape index (κ1) is 21.7. The Bertz CT molecular complexity index is 2010. The third-order valence-corrected chi connectivity index (χ3v) is 7.19. The molecule has 0 spiro atoms. The molecular weight excluding hydrogens is 464 g/mol. The van der Waals surface area contributed by atoms with E-state index in [0.717, 1.165) is 65.6 Å². The molecule has 0 saturated carbocycles. The van der Waals surface area contributed by atoms with Gasteiger partial charge in [-0.3, -0.25) is 9.97 Å². The van der Waals surface area contributed by atoms with E-state index in [1.54, 1.807) is 24.5 Å². The van der Waals surface area contributed by atoms with Crippen LogP contribution in [0.1, 0.15) is 11.1 Å². The fourth-order valence-corrected chi connectivity index (χ4v) is 5.65. The van der Waals surface area contributed by atoms with Crippen molar-refractivity contribution in [3.05, 3.63) is 121 Å². The van der Waals surface area contributed by atoms with Gasteiger partial charge in [-0.25, -0.2) is 0 Å². The number of nitriles is 2. The molecule has 0 aliphatic rings. The van der Waals surface area contributed by atoms with Gasteiger partial charge in [-0.2, -0.15) is 10.5 Å². The number of hydrogen-bond acceptors (Lipinski definition) is 4. The average Bonchev–Trinajstić information content (AvgIpc) is 3.00. The van der Waals surface area contributed by atoms with Crippen LogP contribution in [-0.2, 0) is 0 Å². The van der Waals surface area contributed by atoms with Gasteiger partial charge in [0.15, 0.2) is 0 Å². The Hall–Kier alpha value is -5.58. The minimum absolute atomic E-state index is 0.560. The fourth-order valence-electron chi connectivity index (χ4n) is 5.65. The van der Waals surface area contributed by atoms with Gasteiger partial charge < -0.3 is 0 Å². The first-order chi connectivity index (χ1) is 18.8. The summed E-state index contributed by atoms with van der Waals surface area (Å²) in [5.41, 5.74) is 4.58. The zero-order valence-electron chi connectivity index (χ0n) is 20.2. The highest BCUT2D eigenvalue weighted by molar-refractivity contribution is 6.36. The zero-order chi connectivity index (χ0) is 25.6. The Kier molecular flexibility index (Phi) is 4.86. The quantitative estimate of drug-likeness (QED) is 0.184. The molecule has 4 nitrogen and oxygen atoms in total. The fraction of sp³-hybridized carbons (Fsp3) is 0. The maximum Gasteiger partial charge on any atom is 0.0992 e. The second kappa shape index (κ2) is 8.52. The smallest absolute Gasteiger partial charge is 0.0992 e. The maximum absolute atomic E-state index is 9.68. The monoisotopic (exact) mass is 482 g/mol. The van der Waals surface area contributed by atoms with Crippen molar-refractivity contribution in [2.24, 2.45) is 0 Å². The Balaban J connectivity index is 1.85. The Morgan fingerprint density at radius 1 is 0.447 bits per heavy atom. The topological polar surface area (TPSA) is 73.4 Å². The van der Waals surface area contributed by atoms with Crippen LogP contribution in [0.2, 0.25) is 0 Å². The zero-order valence-corrected chi connectivity index (χ0v) is 20.2. The Morgan fingerprint density at radius 3 is 1.21 bits per heavy atom.